The Hall–Kier alpha value is -1.44. The van der Waals surface area contributed by atoms with Gasteiger partial charge in [0, 0.05) is 11.1 Å². The Kier molecular flexibility index (Phi) is 4.65. The van der Waals surface area contributed by atoms with E-state index in [9.17, 15) is 8.42 Å². The minimum absolute atomic E-state index is 0.143. The van der Waals surface area contributed by atoms with E-state index in [1.165, 1.54) is 11.3 Å². The van der Waals surface area contributed by atoms with Gasteiger partial charge < -0.3 is 5.73 Å². The SMILES string of the molecule is CCc1cnc(C(C)NS(=O)(=O)c2c(C)cccc2N)s1. The number of hydrogen-bond donors (Lipinski definition) is 2. The molecule has 5 nitrogen and oxygen atoms in total. The first-order valence-corrected chi connectivity index (χ1v) is 8.97. The molecule has 0 saturated heterocycles. The molecule has 1 heterocycles. The average molecular weight is 325 g/mol. The van der Waals surface area contributed by atoms with E-state index in [-0.39, 0.29) is 16.6 Å². The quantitative estimate of drug-likeness (QED) is 0.828. The molecule has 7 heteroatoms. The summed E-state index contributed by atoms with van der Waals surface area (Å²) < 4.78 is 27.7. The first kappa shape index (κ1) is 15.9. The van der Waals surface area contributed by atoms with E-state index >= 15 is 0 Å². The number of nitrogen functional groups attached to an aromatic ring is 1. The number of hydrogen-bond acceptors (Lipinski definition) is 5. The summed E-state index contributed by atoms with van der Waals surface area (Å²) in [4.78, 5) is 5.54. The van der Waals surface area contributed by atoms with Gasteiger partial charge in [-0.2, -0.15) is 0 Å². The number of aromatic nitrogens is 1. The highest BCUT2D eigenvalue weighted by atomic mass is 32.2. The Balaban J connectivity index is 2.29. The third-order valence-electron chi connectivity index (χ3n) is 3.13. The fourth-order valence-electron chi connectivity index (χ4n) is 2.07. The van der Waals surface area contributed by atoms with Gasteiger partial charge in [0.1, 0.15) is 9.90 Å². The zero-order valence-corrected chi connectivity index (χ0v) is 13.9. The lowest BCUT2D eigenvalue weighted by Crippen LogP contribution is -2.28. The van der Waals surface area contributed by atoms with E-state index in [1.54, 1.807) is 38.2 Å². The molecule has 1 atom stereocenters. The zero-order chi connectivity index (χ0) is 15.6. The molecule has 114 valence electrons. The largest absolute Gasteiger partial charge is 0.398 e. The molecule has 1 aromatic carbocycles. The molecule has 0 amide bonds. The molecular formula is C14H19N3O2S2. The van der Waals surface area contributed by atoms with E-state index < -0.39 is 10.0 Å². The van der Waals surface area contributed by atoms with E-state index in [4.69, 9.17) is 5.73 Å². The predicted octanol–water partition coefficient (Wildman–Crippen LogP) is 2.64. The molecule has 0 fully saturated rings. The van der Waals surface area contributed by atoms with Crippen LogP contribution in [-0.4, -0.2) is 13.4 Å². The van der Waals surface area contributed by atoms with Crippen LogP contribution in [-0.2, 0) is 16.4 Å². The number of aryl methyl sites for hydroxylation is 2. The molecule has 2 aromatic rings. The smallest absolute Gasteiger partial charge is 0.243 e. The third-order valence-corrected chi connectivity index (χ3v) is 6.22. The van der Waals surface area contributed by atoms with Gasteiger partial charge in [-0.05, 0) is 31.9 Å². The van der Waals surface area contributed by atoms with Gasteiger partial charge in [0.25, 0.3) is 0 Å². The van der Waals surface area contributed by atoms with Crippen LogP contribution in [0.5, 0.6) is 0 Å². The van der Waals surface area contributed by atoms with Gasteiger partial charge in [-0.3, -0.25) is 0 Å². The van der Waals surface area contributed by atoms with Gasteiger partial charge in [-0.1, -0.05) is 19.1 Å². The number of nitrogens with zero attached hydrogens (tertiary/aromatic N) is 1. The second-order valence-corrected chi connectivity index (χ2v) is 7.65. The van der Waals surface area contributed by atoms with Crippen LogP contribution in [0.25, 0.3) is 0 Å². The molecule has 0 spiro atoms. The standard InChI is InChI=1S/C14H19N3O2S2/c1-4-11-8-16-14(20-11)10(3)17-21(18,19)13-9(2)6-5-7-12(13)15/h5-8,10,17H,4,15H2,1-3H3. The average Bonchev–Trinajstić information content (AvgIpc) is 2.86. The minimum atomic E-state index is -3.67. The molecule has 2 rings (SSSR count). The summed E-state index contributed by atoms with van der Waals surface area (Å²) in [6.07, 6.45) is 2.68. The Morgan fingerprint density at radius 1 is 1.43 bits per heavy atom. The van der Waals surface area contributed by atoms with Crippen molar-refractivity contribution in [1.82, 2.24) is 9.71 Å². The van der Waals surface area contributed by atoms with E-state index in [2.05, 4.69) is 9.71 Å². The van der Waals surface area contributed by atoms with Crippen molar-refractivity contribution < 1.29 is 8.42 Å². The molecule has 0 aliphatic heterocycles. The summed E-state index contributed by atoms with van der Waals surface area (Å²) in [7, 11) is -3.67. The summed E-state index contributed by atoms with van der Waals surface area (Å²) in [5, 5.41) is 0.752. The van der Waals surface area contributed by atoms with Crippen LogP contribution in [0, 0.1) is 6.92 Å². The van der Waals surface area contributed by atoms with Crippen LogP contribution in [0.1, 0.15) is 35.3 Å². The van der Waals surface area contributed by atoms with Gasteiger partial charge in [0.2, 0.25) is 10.0 Å². The maximum absolute atomic E-state index is 12.5. The van der Waals surface area contributed by atoms with E-state index in [0.29, 0.717) is 5.56 Å². The summed E-state index contributed by atoms with van der Waals surface area (Å²) >= 11 is 1.52. The molecule has 0 radical (unpaired) electrons. The van der Waals surface area contributed by atoms with Gasteiger partial charge >= 0.3 is 0 Å². The highest BCUT2D eigenvalue weighted by Crippen LogP contribution is 2.26. The highest BCUT2D eigenvalue weighted by Gasteiger charge is 2.23. The number of nitrogens with two attached hydrogens (primary N) is 1. The molecule has 0 aliphatic carbocycles. The Labute approximate surface area is 129 Å². The van der Waals surface area contributed by atoms with Crippen LogP contribution >= 0.6 is 11.3 Å². The number of anilines is 1. The monoisotopic (exact) mass is 325 g/mol. The molecule has 1 aromatic heterocycles. The molecular weight excluding hydrogens is 306 g/mol. The number of rotatable bonds is 5. The lowest BCUT2D eigenvalue weighted by molar-refractivity contribution is 0.566. The molecule has 0 aliphatic rings. The summed E-state index contributed by atoms with van der Waals surface area (Å²) in [5.74, 6) is 0. The van der Waals surface area contributed by atoms with Crippen molar-refractivity contribution in [3.05, 3.63) is 39.8 Å². The number of nitrogens with one attached hydrogen (secondary N) is 1. The van der Waals surface area contributed by atoms with Crippen LogP contribution in [0.4, 0.5) is 5.69 Å². The maximum Gasteiger partial charge on any atom is 0.243 e. The van der Waals surface area contributed by atoms with Crippen LogP contribution in [0.15, 0.2) is 29.3 Å². The van der Waals surface area contributed by atoms with Gasteiger partial charge in [-0.25, -0.2) is 18.1 Å². The van der Waals surface area contributed by atoms with Crippen LogP contribution in [0.2, 0.25) is 0 Å². The first-order chi connectivity index (χ1) is 9.85. The van der Waals surface area contributed by atoms with Crippen molar-refractivity contribution in [1.29, 1.82) is 0 Å². The summed E-state index contributed by atoms with van der Waals surface area (Å²) in [6, 6.07) is 4.67. The lowest BCUT2D eigenvalue weighted by atomic mass is 10.2. The highest BCUT2D eigenvalue weighted by molar-refractivity contribution is 7.89. The zero-order valence-electron chi connectivity index (χ0n) is 12.3. The molecule has 3 N–H and O–H groups in total. The molecule has 21 heavy (non-hydrogen) atoms. The van der Waals surface area contributed by atoms with Crippen molar-refractivity contribution >= 4 is 27.0 Å². The number of sulfonamides is 1. The third kappa shape index (κ3) is 3.42. The fourth-order valence-corrected chi connectivity index (χ4v) is 4.57. The Morgan fingerprint density at radius 3 is 2.71 bits per heavy atom. The number of thiazole rings is 1. The molecule has 0 bridgehead atoms. The summed E-state index contributed by atoms with van der Waals surface area (Å²) in [5.41, 5.74) is 6.70. The van der Waals surface area contributed by atoms with Crippen molar-refractivity contribution in [3.63, 3.8) is 0 Å². The van der Waals surface area contributed by atoms with Crippen molar-refractivity contribution in [3.8, 4) is 0 Å². The molecule has 0 saturated carbocycles. The minimum Gasteiger partial charge on any atom is -0.398 e. The van der Waals surface area contributed by atoms with E-state index in [1.807, 2.05) is 6.92 Å². The first-order valence-electron chi connectivity index (χ1n) is 6.67. The summed E-state index contributed by atoms with van der Waals surface area (Å²) in [6.45, 7) is 5.55. The van der Waals surface area contributed by atoms with Gasteiger partial charge in [-0.15, -0.1) is 11.3 Å². The predicted molar refractivity (Wildman–Crippen MR) is 85.8 cm³/mol. The Morgan fingerprint density at radius 2 is 2.14 bits per heavy atom. The van der Waals surface area contributed by atoms with E-state index in [0.717, 1.165) is 16.3 Å². The van der Waals surface area contributed by atoms with Crippen molar-refractivity contribution in [2.75, 3.05) is 5.73 Å². The van der Waals surface area contributed by atoms with Crippen molar-refractivity contribution in [2.24, 2.45) is 0 Å². The van der Waals surface area contributed by atoms with Crippen LogP contribution in [0.3, 0.4) is 0 Å². The fraction of sp³-hybridized carbons (Fsp3) is 0.357. The topological polar surface area (TPSA) is 85.1 Å². The Bertz CT molecular complexity index is 718. The normalized spacial score (nSPS) is 13.3. The van der Waals surface area contributed by atoms with Gasteiger partial charge in [0.05, 0.1) is 11.7 Å². The maximum atomic E-state index is 12.5. The van der Waals surface area contributed by atoms with Gasteiger partial charge in [0.15, 0.2) is 0 Å². The van der Waals surface area contributed by atoms with Crippen LogP contribution < -0.4 is 10.5 Å². The number of benzene rings is 1. The van der Waals surface area contributed by atoms with Crippen molar-refractivity contribution in [2.45, 2.75) is 38.1 Å². The molecule has 1 unspecified atom stereocenters. The second kappa shape index (κ2) is 6.13. The lowest BCUT2D eigenvalue weighted by Gasteiger charge is -2.15. The second-order valence-electron chi connectivity index (χ2n) is 4.85.